The molecule has 1 aliphatic rings. The van der Waals surface area contributed by atoms with Crippen LogP contribution in [0, 0.1) is 5.92 Å². The first-order valence-corrected chi connectivity index (χ1v) is 8.66. The van der Waals surface area contributed by atoms with E-state index in [1.54, 1.807) is 0 Å². The van der Waals surface area contributed by atoms with Gasteiger partial charge in [0.1, 0.15) is 9.84 Å². The number of hydrogen-bond donors (Lipinski definition) is 1. The Morgan fingerprint density at radius 2 is 2.17 bits per heavy atom. The summed E-state index contributed by atoms with van der Waals surface area (Å²) in [7, 11) is -0.897. The van der Waals surface area contributed by atoms with Crippen LogP contribution < -0.4 is 5.32 Å². The van der Waals surface area contributed by atoms with Gasteiger partial charge in [-0.2, -0.15) is 0 Å². The van der Waals surface area contributed by atoms with E-state index in [0.717, 1.165) is 32.7 Å². The van der Waals surface area contributed by atoms with E-state index in [4.69, 9.17) is 4.74 Å². The Hall–Kier alpha value is -0.170. The molecule has 0 amide bonds. The Morgan fingerprint density at radius 3 is 2.78 bits per heavy atom. The summed E-state index contributed by atoms with van der Waals surface area (Å²) in [5, 5.41) is 3.49. The van der Waals surface area contributed by atoms with Gasteiger partial charge in [0, 0.05) is 37.9 Å². The molecule has 18 heavy (non-hydrogen) atoms. The van der Waals surface area contributed by atoms with E-state index < -0.39 is 9.84 Å². The highest BCUT2D eigenvalue weighted by Gasteiger charge is 2.26. The van der Waals surface area contributed by atoms with E-state index in [0.29, 0.717) is 18.5 Å². The lowest BCUT2D eigenvalue weighted by Gasteiger charge is -2.34. The van der Waals surface area contributed by atoms with Crippen LogP contribution in [-0.4, -0.2) is 71.3 Å². The minimum atomic E-state index is -2.87. The fourth-order valence-corrected chi connectivity index (χ4v) is 2.96. The normalized spacial score (nSPS) is 25.6. The van der Waals surface area contributed by atoms with E-state index >= 15 is 0 Å². The molecule has 1 fully saturated rings. The zero-order valence-electron chi connectivity index (χ0n) is 11.7. The van der Waals surface area contributed by atoms with Gasteiger partial charge < -0.3 is 15.0 Å². The van der Waals surface area contributed by atoms with Gasteiger partial charge in [-0.1, -0.05) is 6.92 Å². The highest BCUT2D eigenvalue weighted by atomic mass is 32.2. The molecule has 1 saturated heterocycles. The molecule has 1 heterocycles. The summed E-state index contributed by atoms with van der Waals surface area (Å²) in [4.78, 5) is 2.09. The molecule has 5 nitrogen and oxygen atoms in total. The fraction of sp³-hybridized carbons (Fsp3) is 1.00. The number of hydrogen-bond acceptors (Lipinski definition) is 5. The van der Waals surface area contributed by atoms with Gasteiger partial charge in [0.25, 0.3) is 0 Å². The lowest BCUT2D eigenvalue weighted by atomic mass is 9.95. The zero-order valence-corrected chi connectivity index (χ0v) is 12.5. The summed E-state index contributed by atoms with van der Waals surface area (Å²) in [5.74, 6) is 0.673. The van der Waals surface area contributed by atoms with E-state index in [9.17, 15) is 8.42 Å². The highest BCUT2D eigenvalue weighted by molar-refractivity contribution is 7.90. The number of rotatable bonds is 7. The molecule has 1 aliphatic heterocycles. The van der Waals surface area contributed by atoms with E-state index in [1.807, 2.05) is 7.05 Å². The van der Waals surface area contributed by atoms with Gasteiger partial charge in [-0.15, -0.1) is 0 Å². The van der Waals surface area contributed by atoms with Crippen molar-refractivity contribution in [2.45, 2.75) is 19.4 Å². The van der Waals surface area contributed by atoms with Gasteiger partial charge in [0.05, 0.1) is 12.4 Å². The van der Waals surface area contributed by atoms with E-state index in [1.165, 1.54) is 6.26 Å². The second-order valence-corrected chi connectivity index (χ2v) is 7.44. The molecule has 0 radical (unpaired) electrons. The van der Waals surface area contributed by atoms with Gasteiger partial charge >= 0.3 is 0 Å². The van der Waals surface area contributed by atoms with Crippen molar-refractivity contribution in [3.8, 4) is 0 Å². The molecule has 0 saturated carbocycles. The van der Waals surface area contributed by atoms with Crippen molar-refractivity contribution in [1.29, 1.82) is 0 Å². The molecule has 0 spiro atoms. The van der Waals surface area contributed by atoms with Gasteiger partial charge in [-0.05, 0) is 20.0 Å². The third-order valence-electron chi connectivity index (χ3n) is 3.33. The zero-order chi connectivity index (χ0) is 13.6. The first-order valence-electron chi connectivity index (χ1n) is 6.59. The van der Waals surface area contributed by atoms with E-state index in [2.05, 4.69) is 17.1 Å². The maximum absolute atomic E-state index is 11.1. The van der Waals surface area contributed by atoms with Gasteiger partial charge in [0.15, 0.2) is 0 Å². The summed E-state index contributed by atoms with van der Waals surface area (Å²) in [6, 6.07) is 0.490. The molecule has 1 N–H and O–H groups in total. The average Bonchev–Trinajstić information content (AvgIpc) is 2.29. The molecule has 0 aliphatic carbocycles. The third kappa shape index (κ3) is 6.13. The quantitative estimate of drug-likeness (QED) is 0.709. The first kappa shape index (κ1) is 15.9. The van der Waals surface area contributed by atoms with Crippen LogP contribution in [0.5, 0.6) is 0 Å². The van der Waals surface area contributed by atoms with Crippen molar-refractivity contribution < 1.29 is 13.2 Å². The highest BCUT2D eigenvalue weighted by Crippen LogP contribution is 2.15. The predicted molar refractivity (Wildman–Crippen MR) is 73.6 cm³/mol. The van der Waals surface area contributed by atoms with Crippen molar-refractivity contribution in [3.05, 3.63) is 0 Å². The summed E-state index contributed by atoms with van der Waals surface area (Å²) < 4.78 is 27.8. The van der Waals surface area contributed by atoms with Crippen LogP contribution in [0.4, 0.5) is 0 Å². The molecule has 0 aromatic carbocycles. The number of ether oxygens (including phenoxy) is 1. The number of nitrogens with zero attached hydrogens (tertiary/aromatic N) is 1. The molecular formula is C12H26N2O3S. The molecule has 2 unspecified atom stereocenters. The maximum atomic E-state index is 11.1. The van der Waals surface area contributed by atoms with Crippen molar-refractivity contribution in [3.63, 3.8) is 0 Å². The summed E-state index contributed by atoms with van der Waals surface area (Å²) in [6.45, 7) is 6.14. The van der Waals surface area contributed by atoms with Crippen LogP contribution in [0.3, 0.4) is 0 Å². The van der Waals surface area contributed by atoms with E-state index in [-0.39, 0.29) is 5.75 Å². The number of sulfone groups is 1. The van der Waals surface area contributed by atoms with Crippen LogP contribution in [0.25, 0.3) is 0 Å². The van der Waals surface area contributed by atoms with Crippen LogP contribution in [0.1, 0.15) is 13.3 Å². The minimum absolute atomic E-state index is 0.225. The summed E-state index contributed by atoms with van der Waals surface area (Å²) in [5.41, 5.74) is 0. The minimum Gasteiger partial charge on any atom is -0.381 e. The monoisotopic (exact) mass is 278 g/mol. The molecular weight excluding hydrogens is 252 g/mol. The lowest BCUT2D eigenvalue weighted by molar-refractivity contribution is 0.0208. The molecule has 108 valence electrons. The number of nitrogens with one attached hydrogen (secondary N) is 1. The molecule has 0 aromatic heterocycles. The van der Waals surface area contributed by atoms with Crippen LogP contribution in [-0.2, 0) is 14.6 Å². The third-order valence-corrected chi connectivity index (χ3v) is 4.25. The largest absolute Gasteiger partial charge is 0.381 e. The predicted octanol–water partition coefficient (Wildman–Crippen LogP) is -0.0226. The maximum Gasteiger partial charge on any atom is 0.148 e. The molecule has 2 atom stereocenters. The Labute approximate surface area is 111 Å². The molecule has 6 heteroatoms. The van der Waals surface area contributed by atoms with Crippen LogP contribution in [0.2, 0.25) is 0 Å². The smallest absolute Gasteiger partial charge is 0.148 e. The Kier molecular flexibility index (Phi) is 6.55. The van der Waals surface area contributed by atoms with Gasteiger partial charge in [-0.25, -0.2) is 8.42 Å². The summed E-state index contributed by atoms with van der Waals surface area (Å²) >= 11 is 0. The Balaban J connectivity index is 2.38. The van der Waals surface area contributed by atoms with Crippen LogP contribution >= 0.6 is 0 Å². The Bertz CT molecular complexity index is 330. The molecule has 1 rings (SSSR count). The molecule has 0 aromatic rings. The van der Waals surface area contributed by atoms with Crippen molar-refractivity contribution in [1.82, 2.24) is 10.2 Å². The fourth-order valence-electron chi connectivity index (χ4n) is 2.32. The van der Waals surface area contributed by atoms with Crippen molar-refractivity contribution in [2.24, 2.45) is 5.92 Å². The second kappa shape index (κ2) is 7.43. The average molecular weight is 278 g/mol. The topological polar surface area (TPSA) is 58.6 Å². The van der Waals surface area contributed by atoms with Gasteiger partial charge in [-0.3, -0.25) is 0 Å². The standard InChI is InChI=1S/C12H26N2O3S/c1-4-13-12-5-7-17-10-11(12)9-14(2)6-8-18(3,15)16/h11-13H,4-10H2,1-3H3. The van der Waals surface area contributed by atoms with Crippen molar-refractivity contribution >= 4 is 9.84 Å². The van der Waals surface area contributed by atoms with Gasteiger partial charge in [0.2, 0.25) is 0 Å². The van der Waals surface area contributed by atoms with Crippen molar-refractivity contribution in [2.75, 3.05) is 51.9 Å². The Morgan fingerprint density at radius 1 is 1.44 bits per heavy atom. The SMILES string of the molecule is CCNC1CCOCC1CN(C)CCS(C)(=O)=O. The summed E-state index contributed by atoms with van der Waals surface area (Å²) in [6.07, 6.45) is 2.32. The second-order valence-electron chi connectivity index (χ2n) is 5.18. The lowest BCUT2D eigenvalue weighted by Crippen LogP contribution is -2.47. The first-order chi connectivity index (χ1) is 8.42. The van der Waals surface area contributed by atoms with Crippen LogP contribution in [0.15, 0.2) is 0 Å². The molecule has 0 bridgehead atoms.